The maximum absolute atomic E-state index is 12.9. The summed E-state index contributed by atoms with van der Waals surface area (Å²) in [4.78, 5) is 15.1. The van der Waals surface area contributed by atoms with Crippen LogP contribution in [0, 0.1) is 0 Å². The molecule has 2 atom stereocenters. The number of nitrogens with one attached hydrogen (secondary N) is 1. The Morgan fingerprint density at radius 1 is 1.22 bits per heavy atom. The molecule has 1 N–H and O–H groups in total. The zero-order chi connectivity index (χ0) is 15.8. The van der Waals surface area contributed by atoms with Gasteiger partial charge in [-0.1, -0.05) is 30.3 Å². The van der Waals surface area contributed by atoms with Gasteiger partial charge in [-0.15, -0.1) is 0 Å². The Kier molecular flexibility index (Phi) is 3.89. The standard InChI is InChI=1S/C18H21N3OS/c1-23-15-9-13-7-8-14(10-15)21(13)18(22)17-11-16(19-20-17)12-5-3-2-4-6-12/h2-6,11,13-15H,7-10H2,1H3,(H,19,20). The van der Waals surface area contributed by atoms with Gasteiger partial charge in [0, 0.05) is 22.9 Å². The number of piperidine rings is 1. The second-order valence-electron chi connectivity index (χ2n) is 6.46. The normalized spacial score (nSPS) is 26.5. The molecule has 5 heteroatoms. The number of aromatic amines is 1. The van der Waals surface area contributed by atoms with Gasteiger partial charge in [0.2, 0.25) is 0 Å². The third-order valence-corrected chi connectivity index (χ3v) is 6.19. The van der Waals surface area contributed by atoms with Crippen LogP contribution in [-0.4, -0.2) is 44.6 Å². The number of benzene rings is 1. The largest absolute Gasteiger partial charge is 0.331 e. The molecule has 0 spiro atoms. The minimum absolute atomic E-state index is 0.117. The summed E-state index contributed by atoms with van der Waals surface area (Å²) in [6.07, 6.45) is 6.73. The Balaban J connectivity index is 1.55. The molecule has 2 unspecified atom stereocenters. The molecular formula is C18H21N3OS. The van der Waals surface area contributed by atoms with Crippen molar-refractivity contribution >= 4 is 17.7 Å². The van der Waals surface area contributed by atoms with E-state index < -0.39 is 0 Å². The van der Waals surface area contributed by atoms with E-state index in [4.69, 9.17) is 0 Å². The van der Waals surface area contributed by atoms with Crippen molar-refractivity contribution in [3.8, 4) is 11.3 Å². The van der Waals surface area contributed by atoms with Crippen LogP contribution in [0.15, 0.2) is 36.4 Å². The predicted molar refractivity (Wildman–Crippen MR) is 93.5 cm³/mol. The highest BCUT2D eigenvalue weighted by Crippen LogP contribution is 2.40. The molecule has 0 radical (unpaired) electrons. The highest BCUT2D eigenvalue weighted by molar-refractivity contribution is 7.99. The molecule has 0 aliphatic carbocycles. The monoisotopic (exact) mass is 327 g/mol. The number of nitrogens with zero attached hydrogens (tertiary/aromatic N) is 2. The molecule has 1 amide bonds. The van der Waals surface area contributed by atoms with E-state index >= 15 is 0 Å². The van der Waals surface area contributed by atoms with Crippen LogP contribution in [0.5, 0.6) is 0 Å². The number of carbonyl (C=O) groups is 1. The van der Waals surface area contributed by atoms with E-state index in [0.29, 0.717) is 23.0 Å². The van der Waals surface area contributed by atoms with Crippen LogP contribution in [0.25, 0.3) is 11.3 Å². The quantitative estimate of drug-likeness (QED) is 0.937. The maximum atomic E-state index is 12.9. The topological polar surface area (TPSA) is 49.0 Å². The average molecular weight is 327 g/mol. The van der Waals surface area contributed by atoms with Crippen molar-refractivity contribution in [3.63, 3.8) is 0 Å². The molecule has 2 aliphatic heterocycles. The number of aromatic nitrogens is 2. The van der Waals surface area contributed by atoms with Crippen LogP contribution in [0.1, 0.15) is 36.2 Å². The van der Waals surface area contributed by atoms with E-state index in [1.807, 2.05) is 48.2 Å². The molecule has 23 heavy (non-hydrogen) atoms. The molecular weight excluding hydrogens is 306 g/mol. The van der Waals surface area contributed by atoms with Crippen molar-refractivity contribution in [2.75, 3.05) is 6.26 Å². The summed E-state index contributed by atoms with van der Waals surface area (Å²) in [7, 11) is 0. The highest BCUT2D eigenvalue weighted by Gasteiger charge is 2.43. The molecule has 120 valence electrons. The third kappa shape index (κ3) is 2.67. The summed E-state index contributed by atoms with van der Waals surface area (Å²) in [5.74, 6) is 0.117. The molecule has 1 aromatic carbocycles. The fourth-order valence-corrected chi connectivity index (χ4v) is 4.81. The second kappa shape index (κ2) is 6.04. The first-order chi connectivity index (χ1) is 11.3. The summed E-state index contributed by atoms with van der Waals surface area (Å²) in [6.45, 7) is 0. The van der Waals surface area contributed by atoms with Gasteiger partial charge in [-0.3, -0.25) is 9.89 Å². The first kappa shape index (κ1) is 14.8. The van der Waals surface area contributed by atoms with Gasteiger partial charge >= 0.3 is 0 Å². The van der Waals surface area contributed by atoms with E-state index in [9.17, 15) is 4.79 Å². The lowest BCUT2D eigenvalue weighted by Gasteiger charge is -2.38. The van der Waals surface area contributed by atoms with Crippen LogP contribution in [0.4, 0.5) is 0 Å². The van der Waals surface area contributed by atoms with E-state index in [0.717, 1.165) is 36.9 Å². The maximum Gasteiger partial charge on any atom is 0.272 e. The minimum Gasteiger partial charge on any atom is -0.331 e. The highest BCUT2D eigenvalue weighted by atomic mass is 32.2. The van der Waals surface area contributed by atoms with E-state index in [1.165, 1.54) is 0 Å². The van der Waals surface area contributed by atoms with Gasteiger partial charge in [-0.25, -0.2) is 0 Å². The molecule has 3 heterocycles. The molecule has 0 saturated carbocycles. The number of carbonyl (C=O) groups excluding carboxylic acids is 1. The first-order valence-corrected chi connectivity index (χ1v) is 9.51. The van der Waals surface area contributed by atoms with Crippen molar-refractivity contribution in [3.05, 3.63) is 42.1 Å². The lowest BCUT2D eigenvalue weighted by atomic mass is 10.0. The summed E-state index contributed by atoms with van der Waals surface area (Å²) in [5, 5.41) is 7.98. The fourth-order valence-electron chi connectivity index (χ4n) is 3.98. The van der Waals surface area contributed by atoms with Crippen molar-refractivity contribution in [2.45, 2.75) is 43.0 Å². The van der Waals surface area contributed by atoms with Crippen LogP contribution in [0.2, 0.25) is 0 Å². The molecule has 2 aromatic rings. The minimum atomic E-state index is 0.117. The number of thioether (sulfide) groups is 1. The van der Waals surface area contributed by atoms with Crippen molar-refractivity contribution in [1.82, 2.24) is 15.1 Å². The van der Waals surface area contributed by atoms with Gasteiger partial charge in [0.25, 0.3) is 5.91 Å². The van der Waals surface area contributed by atoms with Gasteiger partial charge in [0.1, 0.15) is 5.69 Å². The molecule has 1 aromatic heterocycles. The number of hydrogen-bond acceptors (Lipinski definition) is 3. The average Bonchev–Trinajstić information content (AvgIpc) is 3.18. The van der Waals surface area contributed by atoms with Gasteiger partial charge in [0.15, 0.2) is 0 Å². The fraction of sp³-hybridized carbons (Fsp3) is 0.444. The summed E-state index contributed by atoms with van der Waals surface area (Å²) < 4.78 is 0. The van der Waals surface area contributed by atoms with Gasteiger partial charge in [0.05, 0.1) is 5.69 Å². The molecule has 4 nitrogen and oxygen atoms in total. The Bertz CT molecular complexity index is 685. The summed E-state index contributed by atoms with van der Waals surface area (Å²) in [6, 6.07) is 12.7. The number of amides is 1. The third-order valence-electron chi connectivity index (χ3n) is 5.14. The number of hydrogen-bond donors (Lipinski definition) is 1. The van der Waals surface area contributed by atoms with Gasteiger partial charge < -0.3 is 4.90 Å². The lowest BCUT2D eigenvalue weighted by molar-refractivity contribution is 0.0595. The summed E-state index contributed by atoms with van der Waals surface area (Å²) in [5.41, 5.74) is 2.48. The van der Waals surface area contributed by atoms with Crippen LogP contribution >= 0.6 is 11.8 Å². The number of H-pyrrole nitrogens is 1. The molecule has 2 bridgehead atoms. The van der Waals surface area contributed by atoms with Crippen LogP contribution < -0.4 is 0 Å². The smallest absolute Gasteiger partial charge is 0.272 e. The predicted octanol–water partition coefficient (Wildman–Crippen LogP) is 3.58. The van der Waals surface area contributed by atoms with Crippen LogP contribution in [0.3, 0.4) is 0 Å². The Hall–Kier alpha value is -1.75. The molecule has 2 fully saturated rings. The summed E-state index contributed by atoms with van der Waals surface area (Å²) >= 11 is 1.95. The zero-order valence-electron chi connectivity index (χ0n) is 13.2. The molecule has 4 rings (SSSR count). The van der Waals surface area contributed by atoms with E-state index in [2.05, 4.69) is 21.4 Å². The van der Waals surface area contributed by atoms with Crippen LogP contribution in [-0.2, 0) is 0 Å². The van der Waals surface area contributed by atoms with E-state index in [-0.39, 0.29) is 5.91 Å². The second-order valence-corrected chi connectivity index (χ2v) is 7.60. The number of rotatable bonds is 3. The van der Waals surface area contributed by atoms with Crippen molar-refractivity contribution in [2.24, 2.45) is 0 Å². The Morgan fingerprint density at radius 2 is 1.91 bits per heavy atom. The molecule has 2 saturated heterocycles. The van der Waals surface area contributed by atoms with Gasteiger partial charge in [-0.2, -0.15) is 16.9 Å². The first-order valence-electron chi connectivity index (χ1n) is 8.22. The van der Waals surface area contributed by atoms with E-state index in [1.54, 1.807) is 0 Å². The molecule has 2 aliphatic rings. The zero-order valence-corrected chi connectivity index (χ0v) is 14.1. The Labute approximate surface area is 140 Å². The Morgan fingerprint density at radius 3 is 2.57 bits per heavy atom. The lowest BCUT2D eigenvalue weighted by Crippen LogP contribution is -2.47. The number of fused-ring (bicyclic) bond motifs is 2. The van der Waals surface area contributed by atoms with Crippen molar-refractivity contribution in [1.29, 1.82) is 0 Å². The van der Waals surface area contributed by atoms with Gasteiger partial charge in [-0.05, 0) is 38.0 Å². The van der Waals surface area contributed by atoms with Crippen molar-refractivity contribution < 1.29 is 4.79 Å². The SMILES string of the molecule is CSC1CC2CCC(C1)N2C(=O)c1cc(-c2ccccc2)n[nH]1.